The van der Waals surface area contributed by atoms with E-state index in [0.29, 0.717) is 25.6 Å². The van der Waals surface area contributed by atoms with E-state index in [2.05, 4.69) is 4.98 Å². The number of hydrogen-bond donors (Lipinski definition) is 0. The summed E-state index contributed by atoms with van der Waals surface area (Å²) in [4.78, 5) is 33.0. The van der Waals surface area contributed by atoms with Crippen molar-refractivity contribution < 1.29 is 9.53 Å². The Balaban J connectivity index is 1.90. The van der Waals surface area contributed by atoms with Gasteiger partial charge in [0, 0.05) is 12.2 Å². The van der Waals surface area contributed by atoms with E-state index < -0.39 is 0 Å². The molecule has 3 heterocycles. The van der Waals surface area contributed by atoms with E-state index in [9.17, 15) is 9.59 Å². The summed E-state index contributed by atoms with van der Waals surface area (Å²) in [5.41, 5.74) is 1.07. The predicted molar refractivity (Wildman–Crippen MR) is 132 cm³/mol. The summed E-state index contributed by atoms with van der Waals surface area (Å²) >= 11 is 12.8. The molecule has 0 aliphatic carbocycles. The highest BCUT2D eigenvalue weighted by atomic mass is 35.5. The lowest BCUT2D eigenvalue weighted by Crippen LogP contribution is -2.36. The molecule has 32 heavy (non-hydrogen) atoms. The lowest BCUT2D eigenvalue weighted by Gasteiger charge is -2.21. The van der Waals surface area contributed by atoms with Crippen molar-refractivity contribution in [1.29, 1.82) is 0 Å². The van der Waals surface area contributed by atoms with Gasteiger partial charge < -0.3 is 4.74 Å². The zero-order valence-corrected chi connectivity index (χ0v) is 20.1. The maximum absolute atomic E-state index is 13.4. The van der Waals surface area contributed by atoms with Gasteiger partial charge in [0.05, 0.1) is 9.93 Å². The van der Waals surface area contributed by atoms with E-state index in [1.165, 1.54) is 22.2 Å². The minimum atomic E-state index is -0.352. The average Bonchev–Trinajstić information content (AvgIpc) is 3.05. The molecule has 1 aliphatic heterocycles. The van der Waals surface area contributed by atoms with E-state index in [0.717, 1.165) is 12.0 Å². The number of carbonyl (C=O) groups excluding carboxylic acids is 1. The summed E-state index contributed by atoms with van der Waals surface area (Å²) in [5.74, 6) is 0.207. The van der Waals surface area contributed by atoms with Crippen LogP contribution in [-0.2, 0) is 4.79 Å². The second-order valence-corrected chi connectivity index (χ2v) is 9.45. The Bertz CT molecular complexity index is 1340. The topological polar surface area (TPSA) is 63.9 Å². The average molecular weight is 486 g/mol. The quantitative estimate of drug-likeness (QED) is 0.354. The molecule has 0 bridgehead atoms. The number of aromatic nitrogens is 2. The van der Waals surface area contributed by atoms with Crippen LogP contribution in [0.3, 0.4) is 0 Å². The van der Waals surface area contributed by atoms with Crippen LogP contribution in [0.2, 0.25) is 5.02 Å². The van der Waals surface area contributed by atoms with Gasteiger partial charge in [-0.2, -0.15) is 4.98 Å². The van der Waals surface area contributed by atoms with Crippen LogP contribution in [0.15, 0.2) is 52.3 Å². The van der Waals surface area contributed by atoms with Gasteiger partial charge in [-0.3, -0.25) is 18.9 Å². The number of amides is 1. The number of pyridine rings is 1. The van der Waals surface area contributed by atoms with Crippen LogP contribution in [0, 0.1) is 6.92 Å². The first-order chi connectivity index (χ1) is 15.3. The Labute approximate surface area is 199 Å². The van der Waals surface area contributed by atoms with Crippen molar-refractivity contribution in [1.82, 2.24) is 14.3 Å². The van der Waals surface area contributed by atoms with Crippen LogP contribution in [0.4, 0.5) is 0 Å². The second-order valence-electron chi connectivity index (χ2n) is 7.36. The Morgan fingerprint density at radius 2 is 2.00 bits per heavy atom. The third-order valence-electron chi connectivity index (χ3n) is 5.22. The van der Waals surface area contributed by atoms with E-state index in [-0.39, 0.29) is 29.0 Å². The van der Waals surface area contributed by atoms with Gasteiger partial charge in [-0.05, 0) is 50.1 Å². The highest BCUT2D eigenvalue weighted by Crippen LogP contribution is 2.36. The molecule has 6 nitrogen and oxygen atoms in total. The summed E-state index contributed by atoms with van der Waals surface area (Å²) in [6.45, 7) is 5.79. The monoisotopic (exact) mass is 485 g/mol. The molecular formula is C23H20ClN3O3S2. The smallest absolute Gasteiger partial charge is 0.269 e. The third-order valence-corrected chi connectivity index (χ3v) is 6.87. The van der Waals surface area contributed by atoms with Gasteiger partial charge in [-0.1, -0.05) is 60.7 Å². The molecular weight excluding hydrogens is 466 g/mol. The third kappa shape index (κ3) is 4.05. The van der Waals surface area contributed by atoms with Crippen molar-refractivity contribution in [2.45, 2.75) is 33.2 Å². The molecule has 0 saturated carbocycles. The number of halogens is 1. The first kappa shape index (κ1) is 22.5. The maximum Gasteiger partial charge on any atom is 0.269 e. The minimum absolute atomic E-state index is 0.0364. The Morgan fingerprint density at radius 3 is 2.72 bits per heavy atom. The van der Waals surface area contributed by atoms with Gasteiger partial charge in [0.15, 0.2) is 0 Å². The van der Waals surface area contributed by atoms with Crippen LogP contribution in [-0.4, -0.2) is 30.6 Å². The van der Waals surface area contributed by atoms with Crippen LogP contribution in [0.1, 0.15) is 31.4 Å². The molecule has 1 amide bonds. The number of thiocarbonyl (C=S) groups is 1. The molecule has 0 radical (unpaired) electrons. The summed E-state index contributed by atoms with van der Waals surface area (Å²) in [5, 5.41) is 0.383. The summed E-state index contributed by atoms with van der Waals surface area (Å²) in [7, 11) is 0. The molecule has 2 aromatic heterocycles. The van der Waals surface area contributed by atoms with Gasteiger partial charge in [0.1, 0.15) is 21.3 Å². The molecule has 4 rings (SSSR count). The number of rotatable bonds is 5. The van der Waals surface area contributed by atoms with Crippen LogP contribution >= 0.6 is 35.6 Å². The number of thioether (sulfide) groups is 1. The SMILES string of the molecule is CCC(C)N1C(=O)/C(=C\c2c(Oc3ccccc3Cl)nc3c(C)cccn3c2=O)SC1=S. The molecule has 1 unspecified atom stereocenters. The van der Waals surface area contributed by atoms with Gasteiger partial charge in [0.2, 0.25) is 5.88 Å². The van der Waals surface area contributed by atoms with Crippen molar-refractivity contribution in [2.75, 3.05) is 0 Å². The van der Waals surface area contributed by atoms with E-state index >= 15 is 0 Å². The second kappa shape index (κ2) is 9.05. The van der Waals surface area contributed by atoms with Crippen molar-refractivity contribution >= 4 is 57.5 Å². The van der Waals surface area contributed by atoms with Gasteiger partial charge in [-0.25, -0.2) is 0 Å². The van der Waals surface area contributed by atoms with Crippen molar-refractivity contribution in [3.8, 4) is 11.6 Å². The summed E-state index contributed by atoms with van der Waals surface area (Å²) in [6, 6.07) is 10.5. The number of carbonyl (C=O) groups is 1. The Morgan fingerprint density at radius 1 is 1.25 bits per heavy atom. The molecule has 1 aromatic carbocycles. The largest absolute Gasteiger partial charge is 0.437 e. The molecule has 1 fully saturated rings. The number of fused-ring (bicyclic) bond motifs is 1. The number of para-hydroxylation sites is 1. The van der Waals surface area contributed by atoms with E-state index in [1.807, 2.05) is 26.8 Å². The summed E-state index contributed by atoms with van der Waals surface area (Å²) < 4.78 is 7.89. The maximum atomic E-state index is 13.4. The van der Waals surface area contributed by atoms with Crippen molar-refractivity contribution in [3.05, 3.63) is 74.0 Å². The number of hydrogen-bond acceptors (Lipinski definition) is 6. The van der Waals surface area contributed by atoms with E-state index in [4.69, 9.17) is 28.6 Å². The zero-order valence-electron chi connectivity index (χ0n) is 17.7. The first-order valence-corrected chi connectivity index (χ1v) is 11.6. The van der Waals surface area contributed by atoms with Gasteiger partial charge in [-0.15, -0.1) is 0 Å². The molecule has 1 aliphatic rings. The number of aryl methyl sites for hydroxylation is 1. The number of benzene rings is 1. The standard InChI is InChI=1S/C23H20ClN3O3S2/c1-4-14(3)27-22(29)18(32-23(27)31)12-15-20(30-17-10-6-5-9-16(17)24)25-19-13(2)8-7-11-26(19)21(15)28/h5-12,14H,4H2,1-3H3/b18-12+. The highest BCUT2D eigenvalue weighted by molar-refractivity contribution is 8.26. The minimum Gasteiger partial charge on any atom is -0.437 e. The van der Waals surface area contributed by atoms with Crippen LogP contribution in [0.25, 0.3) is 11.7 Å². The van der Waals surface area contributed by atoms with Gasteiger partial charge >= 0.3 is 0 Å². The van der Waals surface area contributed by atoms with Crippen molar-refractivity contribution in [2.24, 2.45) is 0 Å². The fraction of sp³-hybridized carbons (Fsp3) is 0.217. The molecule has 3 aromatic rings. The number of ether oxygens (including phenoxy) is 1. The fourth-order valence-corrected chi connectivity index (χ4v) is 4.92. The molecule has 9 heteroatoms. The summed E-state index contributed by atoms with van der Waals surface area (Å²) in [6.07, 6.45) is 3.91. The van der Waals surface area contributed by atoms with E-state index in [1.54, 1.807) is 41.4 Å². The molecule has 0 N–H and O–H groups in total. The van der Waals surface area contributed by atoms with Crippen molar-refractivity contribution in [3.63, 3.8) is 0 Å². The Kier molecular flexibility index (Phi) is 6.37. The fourth-order valence-electron chi connectivity index (χ4n) is 3.30. The predicted octanol–water partition coefficient (Wildman–Crippen LogP) is 5.45. The normalized spacial score (nSPS) is 16.2. The van der Waals surface area contributed by atoms with Gasteiger partial charge in [0.25, 0.3) is 11.5 Å². The molecule has 164 valence electrons. The number of nitrogens with zero attached hydrogens (tertiary/aromatic N) is 3. The first-order valence-electron chi connectivity index (χ1n) is 10.0. The Hall–Kier alpha value is -2.68. The molecule has 1 saturated heterocycles. The lowest BCUT2D eigenvalue weighted by molar-refractivity contribution is -0.123. The van der Waals surface area contributed by atoms with Crippen LogP contribution in [0.5, 0.6) is 11.6 Å². The van der Waals surface area contributed by atoms with Crippen LogP contribution < -0.4 is 10.3 Å². The zero-order chi connectivity index (χ0) is 23.0. The molecule has 0 spiro atoms. The highest BCUT2D eigenvalue weighted by Gasteiger charge is 2.35. The lowest BCUT2D eigenvalue weighted by atomic mass is 10.2. The molecule has 1 atom stereocenters.